The molecule has 0 radical (unpaired) electrons. The first-order chi connectivity index (χ1) is 8.83. The van der Waals surface area contributed by atoms with Gasteiger partial charge in [0.15, 0.2) is 0 Å². The van der Waals surface area contributed by atoms with Crippen LogP contribution >= 0.6 is 0 Å². The summed E-state index contributed by atoms with van der Waals surface area (Å²) in [5.41, 5.74) is 0. The lowest BCUT2D eigenvalue weighted by atomic mass is 10.0. The molecule has 1 saturated heterocycles. The fourth-order valence-electron chi connectivity index (χ4n) is 2.43. The maximum Gasteiger partial charge on any atom is 0.101 e. The van der Waals surface area contributed by atoms with Crippen molar-refractivity contribution >= 4 is 0 Å². The molecular formula is C14H30NO3+. The summed E-state index contributed by atoms with van der Waals surface area (Å²) in [5, 5.41) is 0. The quantitative estimate of drug-likeness (QED) is 0.576. The molecule has 4 nitrogen and oxygen atoms in total. The zero-order valence-electron chi connectivity index (χ0n) is 12.1. The Morgan fingerprint density at radius 3 is 2.33 bits per heavy atom. The van der Waals surface area contributed by atoms with E-state index in [1.807, 2.05) is 6.92 Å². The lowest BCUT2D eigenvalue weighted by molar-refractivity contribution is -0.908. The highest BCUT2D eigenvalue weighted by Gasteiger charge is 2.18. The van der Waals surface area contributed by atoms with Crippen molar-refractivity contribution < 1.29 is 19.1 Å². The van der Waals surface area contributed by atoms with Gasteiger partial charge in [-0.15, -0.1) is 0 Å². The maximum absolute atomic E-state index is 5.59. The molecule has 0 bridgehead atoms. The van der Waals surface area contributed by atoms with E-state index >= 15 is 0 Å². The van der Waals surface area contributed by atoms with Crippen molar-refractivity contribution in [3.63, 3.8) is 0 Å². The first kappa shape index (κ1) is 15.9. The molecule has 1 aliphatic rings. The van der Waals surface area contributed by atoms with Crippen LogP contribution < -0.4 is 4.90 Å². The van der Waals surface area contributed by atoms with Gasteiger partial charge in [-0.25, -0.2) is 0 Å². The Labute approximate surface area is 112 Å². The van der Waals surface area contributed by atoms with Crippen LogP contribution in [0.2, 0.25) is 0 Å². The number of ether oxygens (including phenoxy) is 3. The smallest absolute Gasteiger partial charge is 0.101 e. The summed E-state index contributed by atoms with van der Waals surface area (Å²) in [5.74, 6) is 0.885. The minimum atomic E-state index is 0.673. The van der Waals surface area contributed by atoms with Gasteiger partial charge in [0.05, 0.1) is 46.1 Å². The normalized spacial score (nSPS) is 24.3. The van der Waals surface area contributed by atoms with E-state index in [4.69, 9.17) is 14.2 Å². The molecule has 108 valence electrons. The second-order valence-electron chi connectivity index (χ2n) is 5.12. The van der Waals surface area contributed by atoms with Crippen LogP contribution in [0.15, 0.2) is 0 Å². The molecule has 2 unspecified atom stereocenters. The van der Waals surface area contributed by atoms with E-state index in [1.165, 1.54) is 25.9 Å². The van der Waals surface area contributed by atoms with E-state index in [-0.39, 0.29) is 0 Å². The van der Waals surface area contributed by atoms with E-state index in [0.29, 0.717) is 26.4 Å². The van der Waals surface area contributed by atoms with Crippen LogP contribution in [0.25, 0.3) is 0 Å². The predicted octanol–water partition coefficient (Wildman–Crippen LogP) is 0.371. The van der Waals surface area contributed by atoms with Crippen molar-refractivity contribution in [3.8, 4) is 0 Å². The van der Waals surface area contributed by atoms with Gasteiger partial charge in [0.2, 0.25) is 0 Å². The second-order valence-corrected chi connectivity index (χ2v) is 5.12. The molecular weight excluding hydrogens is 230 g/mol. The van der Waals surface area contributed by atoms with Crippen LogP contribution in [-0.4, -0.2) is 59.3 Å². The third kappa shape index (κ3) is 8.03. The summed E-state index contributed by atoms with van der Waals surface area (Å²) in [6.07, 6.45) is 2.77. The lowest BCUT2D eigenvalue weighted by Gasteiger charge is -2.27. The molecule has 0 saturated carbocycles. The van der Waals surface area contributed by atoms with Crippen LogP contribution in [0, 0.1) is 5.92 Å². The highest BCUT2D eigenvalue weighted by Crippen LogP contribution is 2.04. The Morgan fingerprint density at radius 2 is 1.67 bits per heavy atom. The highest BCUT2D eigenvalue weighted by molar-refractivity contribution is 4.55. The summed E-state index contributed by atoms with van der Waals surface area (Å²) in [6.45, 7) is 12.5. The summed E-state index contributed by atoms with van der Waals surface area (Å²) < 4.78 is 16.2. The topological polar surface area (TPSA) is 32.1 Å². The Bertz CT molecular complexity index is 190. The average molecular weight is 260 g/mol. The SMILES string of the molecule is CCOCCOCCOCC[NH+]1CCCC(C)C1. The third-order valence-corrected chi connectivity index (χ3v) is 3.41. The van der Waals surface area contributed by atoms with Crippen molar-refractivity contribution in [1.82, 2.24) is 0 Å². The largest absolute Gasteiger partial charge is 0.379 e. The molecule has 0 aliphatic carbocycles. The minimum absolute atomic E-state index is 0.673. The van der Waals surface area contributed by atoms with Gasteiger partial charge in [-0.3, -0.25) is 0 Å². The number of likely N-dealkylation sites (tertiary alicyclic amines) is 1. The molecule has 0 amide bonds. The van der Waals surface area contributed by atoms with Crippen molar-refractivity contribution in [2.75, 3.05) is 59.3 Å². The van der Waals surface area contributed by atoms with Gasteiger partial charge in [0, 0.05) is 12.5 Å². The van der Waals surface area contributed by atoms with Gasteiger partial charge in [0.1, 0.15) is 6.54 Å². The summed E-state index contributed by atoms with van der Waals surface area (Å²) in [4.78, 5) is 1.70. The Hall–Kier alpha value is -0.160. The summed E-state index contributed by atoms with van der Waals surface area (Å²) in [6, 6.07) is 0. The standard InChI is InChI=1S/C14H29NO3/c1-3-16-9-10-18-12-11-17-8-7-15-6-4-5-14(2)13-15/h14H,3-13H2,1-2H3/p+1. The second kappa shape index (κ2) is 10.7. The summed E-state index contributed by atoms with van der Waals surface area (Å²) in [7, 11) is 0. The Kier molecular flexibility index (Phi) is 9.48. The number of quaternary nitrogens is 1. The van der Waals surface area contributed by atoms with Gasteiger partial charge in [-0.1, -0.05) is 6.92 Å². The van der Waals surface area contributed by atoms with E-state index in [9.17, 15) is 0 Å². The number of hydrogen-bond donors (Lipinski definition) is 1. The monoisotopic (exact) mass is 260 g/mol. The predicted molar refractivity (Wildman–Crippen MR) is 72.1 cm³/mol. The number of hydrogen-bond acceptors (Lipinski definition) is 3. The molecule has 1 aliphatic heterocycles. The number of rotatable bonds is 10. The van der Waals surface area contributed by atoms with E-state index < -0.39 is 0 Å². The maximum atomic E-state index is 5.59. The minimum Gasteiger partial charge on any atom is -0.379 e. The molecule has 0 aromatic carbocycles. The molecule has 1 heterocycles. The molecule has 1 fully saturated rings. The van der Waals surface area contributed by atoms with Crippen LogP contribution in [0.1, 0.15) is 26.7 Å². The van der Waals surface area contributed by atoms with Crippen LogP contribution in [-0.2, 0) is 14.2 Å². The number of nitrogens with one attached hydrogen (secondary N) is 1. The zero-order valence-corrected chi connectivity index (χ0v) is 12.1. The van der Waals surface area contributed by atoms with E-state index in [2.05, 4.69) is 6.92 Å². The molecule has 0 aromatic heterocycles. The van der Waals surface area contributed by atoms with Gasteiger partial charge >= 0.3 is 0 Å². The average Bonchev–Trinajstić information content (AvgIpc) is 2.37. The van der Waals surface area contributed by atoms with E-state index in [0.717, 1.165) is 25.7 Å². The Morgan fingerprint density at radius 1 is 1.00 bits per heavy atom. The van der Waals surface area contributed by atoms with Crippen molar-refractivity contribution in [2.45, 2.75) is 26.7 Å². The van der Waals surface area contributed by atoms with Crippen LogP contribution in [0.5, 0.6) is 0 Å². The summed E-state index contributed by atoms with van der Waals surface area (Å²) >= 11 is 0. The van der Waals surface area contributed by atoms with Crippen molar-refractivity contribution in [3.05, 3.63) is 0 Å². The molecule has 4 heteroatoms. The molecule has 1 N–H and O–H groups in total. The third-order valence-electron chi connectivity index (χ3n) is 3.41. The molecule has 2 atom stereocenters. The first-order valence-electron chi connectivity index (χ1n) is 7.39. The number of piperidine rings is 1. The van der Waals surface area contributed by atoms with E-state index in [1.54, 1.807) is 4.90 Å². The van der Waals surface area contributed by atoms with Crippen molar-refractivity contribution in [2.24, 2.45) is 5.92 Å². The molecule has 1 rings (SSSR count). The van der Waals surface area contributed by atoms with Crippen LogP contribution in [0.4, 0.5) is 0 Å². The highest BCUT2D eigenvalue weighted by atomic mass is 16.5. The first-order valence-corrected chi connectivity index (χ1v) is 7.39. The lowest BCUT2D eigenvalue weighted by Crippen LogP contribution is -3.14. The van der Waals surface area contributed by atoms with Gasteiger partial charge in [0.25, 0.3) is 0 Å². The zero-order chi connectivity index (χ0) is 13.1. The Balaban J connectivity index is 1.80. The fourth-order valence-corrected chi connectivity index (χ4v) is 2.43. The van der Waals surface area contributed by atoms with Crippen LogP contribution in [0.3, 0.4) is 0 Å². The van der Waals surface area contributed by atoms with Gasteiger partial charge < -0.3 is 19.1 Å². The molecule has 18 heavy (non-hydrogen) atoms. The van der Waals surface area contributed by atoms with Gasteiger partial charge in [-0.05, 0) is 19.8 Å². The fraction of sp³-hybridized carbons (Fsp3) is 1.00. The van der Waals surface area contributed by atoms with Gasteiger partial charge in [-0.2, -0.15) is 0 Å². The molecule has 0 spiro atoms. The van der Waals surface area contributed by atoms with Crippen molar-refractivity contribution in [1.29, 1.82) is 0 Å². The molecule has 0 aromatic rings.